The van der Waals surface area contributed by atoms with Crippen LogP contribution >= 0.6 is 0 Å². The smallest absolute Gasteiger partial charge is 0.293 e. The summed E-state index contributed by atoms with van der Waals surface area (Å²) in [4.78, 5) is 16.0. The third-order valence-corrected chi connectivity index (χ3v) is 2.89. The fraction of sp³-hybridized carbons (Fsp3) is 0.636. The largest absolute Gasteiger partial charge is 0.363 e. The summed E-state index contributed by atoms with van der Waals surface area (Å²) in [5.74, 6) is 0.452. The minimum Gasteiger partial charge on any atom is -0.363 e. The Kier molecular flexibility index (Phi) is 3.24. The normalized spacial score (nSPS) is 23.9. The van der Waals surface area contributed by atoms with E-state index in [1.807, 2.05) is 6.92 Å². The Hall–Kier alpha value is -1.36. The van der Waals surface area contributed by atoms with Gasteiger partial charge in [-0.1, -0.05) is 6.92 Å². The van der Waals surface area contributed by atoms with Gasteiger partial charge in [-0.15, -0.1) is 0 Å². The van der Waals surface area contributed by atoms with Crippen molar-refractivity contribution in [2.24, 2.45) is 5.73 Å². The van der Waals surface area contributed by atoms with Crippen LogP contribution in [0.1, 0.15) is 26.2 Å². The molecule has 5 nitrogen and oxygen atoms in total. The van der Waals surface area contributed by atoms with Gasteiger partial charge < -0.3 is 15.6 Å². The van der Waals surface area contributed by atoms with Gasteiger partial charge in [0.25, 0.3) is 5.56 Å². The molecule has 1 saturated carbocycles. The molecule has 0 radical (unpaired) electrons. The van der Waals surface area contributed by atoms with Gasteiger partial charge in [-0.25, -0.2) is 4.98 Å². The molecule has 0 unspecified atom stereocenters. The fourth-order valence-electron chi connectivity index (χ4n) is 1.94. The van der Waals surface area contributed by atoms with Crippen LogP contribution in [0.2, 0.25) is 0 Å². The number of aryl methyl sites for hydroxylation is 1. The van der Waals surface area contributed by atoms with Crippen LogP contribution in [0.4, 0.5) is 5.82 Å². The third-order valence-electron chi connectivity index (χ3n) is 2.89. The van der Waals surface area contributed by atoms with Crippen molar-refractivity contribution in [1.29, 1.82) is 0 Å². The van der Waals surface area contributed by atoms with Gasteiger partial charge >= 0.3 is 0 Å². The third kappa shape index (κ3) is 2.24. The number of nitrogens with one attached hydrogen (secondary N) is 1. The SMILES string of the molecule is CCCn1ccnc(NC2CC(N)C2)c1=O. The molecule has 5 heteroatoms. The zero-order valence-corrected chi connectivity index (χ0v) is 9.52. The quantitative estimate of drug-likeness (QED) is 0.780. The maximum absolute atomic E-state index is 11.9. The summed E-state index contributed by atoms with van der Waals surface area (Å²) in [5, 5.41) is 3.15. The van der Waals surface area contributed by atoms with E-state index < -0.39 is 0 Å². The number of hydrogen-bond donors (Lipinski definition) is 2. The monoisotopic (exact) mass is 222 g/mol. The van der Waals surface area contributed by atoms with Gasteiger partial charge in [0.1, 0.15) is 0 Å². The molecule has 1 aromatic heterocycles. The van der Waals surface area contributed by atoms with Gasteiger partial charge in [0.15, 0.2) is 5.82 Å². The Bertz CT molecular complexity index is 409. The van der Waals surface area contributed by atoms with E-state index in [-0.39, 0.29) is 11.6 Å². The molecular formula is C11H18N4O. The van der Waals surface area contributed by atoms with Crippen LogP contribution in [0.25, 0.3) is 0 Å². The van der Waals surface area contributed by atoms with Crippen molar-refractivity contribution in [2.45, 2.75) is 44.8 Å². The summed E-state index contributed by atoms with van der Waals surface area (Å²) in [6.45, 7) is 2.78. The van der Waals surface area contributed by atoms with Crippen molar-refractivity contribution < 1.29 is 0 Å². The van der Waals surface area contributed by atoms with Crippen molar-refractivity contribution in [2.75, 3.05) is 5.32 Å². The van der Waals surface area contributed by atoms with Gasteiger partial charge in [0, 0.05) is 31.0 Å². The van der Waals surface area contributed by atoms with Gasteiger partial charge in [0.2, 0.25) is 0 Å². The van der Waals surface area contributed by atoms with Gasteiger partial charge in [-0.05, 0) is 19.3 Å². The Morgan fingerprint density at radius 1 is 1.62 bits per heavy atom. The van der Waals surface area contributed by atoms with E-state index in [1.54, 1.807) is 17.0 Å². The molecule has 0 bridgehead atoms. The second kappa shape index (κ2) is 4.65. The van der Waals surface area contributed by atoms with Crippen molar-refractivity contribution in [3.63, 3.8) is 0 Å². The summed E-state index contributed by atoms with van der Waals surface area (Å²) in [7, 11) is 0. The second-order valence-corrected chi connectivity index (χ2v) is 4.35. The predicted molar refractivity (Wildman–Crippen MR) is 63.4 cm³/mol. The molecule has 0 atom stereocenters. The highest BCUT2D eigenvalue weighted by molar-refractivity contribution is 5.33. The van der Waals surface area contributed by atoms with Crippen LogP contribution in [-0.4, -0.2) is 21.6 Å². The Labute approximate surface area is 94.7 Å². The molecule has 16 heavy (non-hydrogen) atoms. The number of hydrogen-bond acceptors (Lipinski definition) is 4. The van der Waals surface area contributed by atoms with E-state index >= 15 is 0 Å². The van der Waals surface area contributed by atoms with Crippen LogP contribution < -0.4 is 16.6 Å². The summed E-state index contributed by atoms with van der Waals surface area (Å²) in [6, 6.07) is 0.590. The Morgan fingerprint density at radius 3 is 3.00 bits per heavy atom. The topological polar surface area (TPSA) is 72.9 Å². The standard InChI is InChI=1S/C11H18N4O/c1-2-4-15-5-3-13-10(11(15)16)14-9-6-8(12)7-9/h3,5,8-9H,2,4,6-7,12H2,1H3,(H,13,14). The molecule has 1 heterocycles. The Balaban J connectivity index is 2.09. The number of aromatic nitrogens is 2. The van der Waals surface area contributed by atoms with E-state index in [0.717, 1.165) is 25.8 Å². The van der Waals surface area contributed by atoms with Crippen molar-refractivity contribution >= 4 is 5.82 Å². The van der Waals surface area contributed by atoms with Gasteiger partial charge in [-0.2, -0.15) is 0 Å². The number of rotatable bonds is 4. The molecular weight excluding hydrogens is 204 g/mol. The van der Waals surface area contributed by atoms with Crippen molar-refractivity contribution in [3.05, 3.63) is 22.7 Å². The minimum absolute atomic E-state index is 0.0372. The maximum Gasteiger partial charge on any atom is 0.293 e. The summed E-state index contributed by atoms with van der Waals surface area (Å²) >= 11 is 0. The molecule has 1 aromatic rings. The zero-order chi connectivity index (χ0) is 11.5. The van der Waals surface area contributed by atoms with Gasteiger partial charge in [0.05, 0.1) is 0 Å². The lowest BCUT2D eigenvalue weighted by molar-refractivity contribution is 0.372. The second-order valence-electron chi connectivity index (χ2n) is 4.35. The maximum atomic E-state index is 11.9. The first-order valence-corrected chi connectivity index (χ1v) is 5.78. The molecule has 1 fully saturated rings. The molecule has 0 aromatic carbocycles. The fourth-order valence-corrected chi connectivity index (χ4v) is 1.94. The van der Waals surface area contributed by atoms with E-state index in [1.165, 1.54) is 0 Å². The van der Waals surface area contributed by atoms with Crippen LogP contribution in [0.5, 0.6) is 0 Å². The lowest BCUT2D eigenvalue weighted by Gasteiger charge is -2.33. The molecule has 0 aliphatic heterocycles. The molecule has 3 N–H and O–H groups in total. The molecule has 1 aliphatic carbocycles. The van der Waals surface area contributed by atoms with Crippen LogP contribution in [0.15, 0.2) is 17.2 Å². The highest BCUT2D eigenvalue weighted by Crippen LogP contribution is 2.20. The molecule has 1 aliphatic rings. The van der Waals surface area contributed by atoms with Crippen LogP contribution in [0.3, 0.4) is 0 Å². The molecule has 0 amide bonds. The zero-order valence-electron chi connectivity index (χ0n) is 9.52. The van der Waals surface area contributed by atoms with E-state index in [4.69, 9.17) is 5.73 Å². The number of nitrogens with zero attached hydrogens (tertiary/aromatic N) is 2. The molecule has 0 spiro atoms. The molecule has 2 rings (SSSR count). The van der Waals surface area contributed by atoms with Crippen LogP contribution in [0, 0.1) is 0 Å². The van der Waals surface area contributed by atoms with E-state index in [9.17, 15) is 4.79 Å². The van der Waals surface area contributed by atoms with Gasteiger partial charge in [-0.3, -0.25) is 4.79 Å². The number of nitrogens with two attached hydrogens (primary N) is 1. The average Bonchev–Trinajstić information content (AvgIpc) is 2.22. The number of anilines is 1. The summed E-state index contributed by atoms with van der Waals surface area (Å²) in [5.41, 5.74) is 5.66. The van der Waals surface area contributed by atoms with Crippen molar-refractivity contribution in [3.8, 4) is 0 Å². The lowest BCUT2D eigenvalue weighted by Crippen LogP contribution is -2.45. The van der Waals surface area contributed by atoms with Crippen LogP contribution in [-0.2, 0) is 6.54 Å². The Morgan fingerprint density at radius 2 is 2.38 bits per heavy atom. The van der Waals surface area contributed by atoms with E-state index in [0.29, 0.717) is 11.9 Å². The molecule has 0 saturated heterocycles. The van der Waals surface area contributed by atoms with E-state index in [2.05, 4.69) is 10.3 Å². The minimum atomic E-state index is -0.0372. The first kappa shape index (κ1) is 11.1. The highest BCUT2D eigenvalue weighted by atomic mass is 16.1. The summed E-state index contributed by atoms with van der Waals surface area (Å²) in [6.07, 6.45) is 6.17. The lowest BCUT2D eigenvalue weighted by atomic mass is 9.88. The first-order chi connectivity index (χ1) is 7.70. The molecule has 88 valence electrons. The first-order valence-electron chi connectivity index (χ1n) is 5.78. The average molecular weight is 222 g/mol. The predicted octanol–water partition coefficient (Wildman–Crippen LogP) is 0.555. The van der Waals surface area contributed by atoms with Crippen molar-refractivity contribution in [1.82, 2.24) is 9.55 Å². The summed E-state index contributed by atoms with van der Waals surface area (Å²) < 4.78 is 1.69. The highest BCUT2D eigenvalue weighted by Gasteiger charge is 2.26.